The first kappa shape index (κ1) is 6.38. The van der Waals surface area contributed by atoms with Crippen LogP contribution in [-0.4, -0.2) is 22.4 Å². The topological polar surface area (TPSA) is 40.5 Å². The molecule has 10 heavy (non-hydrogen) atoms. The van der Waals surface area contributed by atoms with Gasteiger partial charge in [-0.05, 0) is 12.8 Å². The van der Waals surface area contributed by atoms with Crippen molar-refractivity contribution in [3.05, 3.63) is 12.2 Å². The molecule has 3 rings (SSSR count). The smallest absolute Gasteiger partial charge is 0.0610 e. The highest BCUT2D eigenvalue weighted by Gasteiger charge is 2.36. The summed E-state index contributed by atoms with van der Waals surface area (Å²) in [6.07, 6.45) is 5.18. The molecule has 1 saturated carbocycles. The van der Waals surface area contributed by atoms with Crippen LogP contribution in [0, 0.1) is 11.8 Å². The molecule has 3 aliphatic carbocycles. The zero-order valence-electron chi connectivity index (χ0n) is 5.77. The third-order valence-electron chi connectivity index (χ3n) is 2.62. The monoisotopic (exact) mass is 140 g/mol. The summed E-state index contributed by atoms with van der Waals surface area (Å²) in [5, 5.41) is 18.7. The van der Waals surface area contributed by atoms with Gasteiger partial charge in [0, 0.05) is 11.8 Å². The summed E-state index contributed by atoms with van der Waals surface area (Å²) in [5.41, 5.74) is 0. The first-order chi connectivity index (χ1) is 4.77. The van der Waals surface area contributed by atoms with Crippen LogP contribution in [0.3, 0.4) is 0 Å². The summed E-state index contributed by atoms with van der Waals surface area (Å²) in [4.78, 5) is 0. The van der Waals surface area contributed by atoms with Crippen LogP contribution in [0.1, 0.15) is 12.8 Å². The molecule has 0 radical (unpaired) electrons. The molecule has 2 nitrogen and oxygen atoms in total. The number of fused-ring (bicyclic) bond motifs is 2. The molecule has 0 amide bonds. The molecule has 0 aromatic carbocycles. The molecular weight excluding hydrogens is 128 g/mol. The fourth-order valence-electron chi connectivity index (χ4n) is 1.92. The van der Waals surface area contributed by atoms with Crippen molar-refractivity contribution in [1.29, 1.82) is 0 Å². The summed E-state index contributed by atoms with van der Waals surface area (Å²) in [5.74, 6) is 0.444. The Morgan fingerprint density at radius 2 is 1.30 bits per heavy atom. The molecule has 2 heteroatoms. The predicted octanol–water partition coefficient (Wildman–Crippen LogP) is 0.304. The van der Waals surface area contributed by atoms with E-state index in [4.69, 9.17) is 0 Å². The highest BCUT2D eigenvalue weighted by Crippen LogP contribution is 2.36. The van der Waals surface area contributed by atoms with Crippen molar-refractivity contribution >= 4 is 0 Å². The van der Waals surface area contributed by atoms with E-state index >= 15 is 0 Å². The van der Waals surface area contributed by atoms with Gasteiger partial charge in [0.15, 0.2) is 0 Å². The predicted molar refractivity (Wildman–Crippen MR) is 37.4 cm³/mol. The number of aliphatic hydroxyl groups is 2. The Morgan fingerprint density at radius 1 is 0.900 bits per heavy atom. The van der Waals surface area contributed by atoms with Crippen molar-refractivity contribution in [1.82, 2.24) is 0 Å². The van der Waals surface area contributed by atoms with E-state index < -0.39 is 0 Å². The lowest BCUT2D eigenvalue weighted by atomic mass is 9.72. The maximum atomic E-state index is 9.35. The number of rotatable bonds is 0. The molecule has 4 atom stereocenters. The quantitative estimate of drug-likeness (QED) is 0.475. The zero-order chi connectivity index (χ0) is 7.14. The zero-order valence-corrected chi connectivity index (χ0v) is 5.77. The lowest BCUT2D eigenvalue weighted by molar-refractivity contribution is -0.0124. The van der Waals surface area contributed by atoms with Gasteiger partial charge in [-0.3, -0.25) is 0 Å². The number of aliphatic hydroxyl groups excluding tert-OH is 2. The Hall–Kier alpha value is -0.340. The van der Waals surface area contributed by atoms with Crippen molar-refractivity contribution in [3.8, 4) is 0 Å². The minimum absolute atomic E-state index is 0.196. The summed E-state index contributed by atoms with van der Waals surface area (Å²) in [7, 11) is 0. The molecule has 56 valence electrons. The van der Waals surface area contributed by atoms with Crippen LogP contribution in [0.15, 0.2) is 12.2 Å². The van der Waals surface area contributed by atoms with Crippen LogP contribution >= 0.6 is 0 Å². The third kappa shape index (κ3) is 0.796. The van der Waals surface area contributed by atoms with Crippen molar-refractivity contribution in [2.75, 3.05) is 0 Å². The molecule has 0 spiro atoms. The molecule has 0 saturated heterocycles. The third-order valence-corrected chi connectivity index (χ3v) is 2.62. The van der Waals surface area contributed by atoms with Crippen molar-refractivity contribution in [2.45, 2.75) is 25.0 Å². The highest BCUT2D eigenvalue weighted by atomic mass is 16.3. The summed E-state index contributed by atoms with van der Waals surface area (Å²) < 4.78 is 0. The maximum absolute atomic E-state index is 9.35. The summed E-state index contributed by atoms with van der Waals surface area (Å²) in [6.45, 7) is 0. The van der Waals surface area contributed by atoms with Gasteiger partial charge in [-0.15, -0.1) is 0 Å². The fraction of sp³-hybridized carbons (Fsp3) is 0.750. The van der Waals surface area contributed by atoms with Crippen LogP contribution in [0.25, 0.3) is 0 Å². The van der Waals surface area contributed by atoms with Crippen LogP contribution in [0.5, 0.6) is 0 Å². The average molecular weight is 140 g/mol. The van der Waals surface area contributed by atoms with Gasteiger partial charge in [-0.25, -0.2) is 0 Å². The lowest BCUT2D eigenvalue weighted by Crippen LogP contribution is -2.40. The van der Waals surface area contributed by atoms with Gasteiger partial charge in [0.2, 0.25) is 0 Å². The molecule has 0 aliphatic heterocycles. The molecule has 2 N–H and O–H groups in total. The van der Waals surface area contributed by atoms with Crippen molar-refractivity contribution < 1.29 is 10.2 Å². The molecule has 0 heterocycles. The second kappa shape index (κ2) is 2.07. The Kier molecular flexibility index (Phi) is 1.32. The van der Waals surface area contributed by atoms with Gasteiger partial charge in [-0.2, -0.15) is 0 Å². The van der Waals surface area contributed by atoms with Gasteiger partial charge in [-0.1, -0.05) is 12.2 Å². The molecule has 1 fully saturated rings. The van der Waals surface area contributed by atoms with E-state index in [9.17, 15) is 10.2 Å². The average Bonchev–Trinajstić information content (AvgIpc) is 1.91. The summed E-state index contributed by atoms with van der Waals surface area (Å²) in [6, 6.07) is 0. The number of hydrogen-bond donors (Lipinski definition) is 2. The normalized spacial score (nSPS) is 51.8. The van der Waals surface area contributed by atoms with Gasteiger partial charge >= 0.3 is 0 Å². The Morgan fingerprint density at radius 3 is 1.50 bits per heavy atom. The van der Waals surface area contributed by atoms with E-state index in [0.717, 1.165) is 12.8 Å². The SMILES string of the molecule is O[C@H]1C[C@@H]2C=C[C@@H]1C[C@@H]2O. The highest BCUT2D eigenvalue weighted by molar-refractivity contribution is 5.09. The first-order valence-electron chi connectivity index (χ1n) is 3.82. The second-order valence-corrected chi connectivity index (χ2v) is 3.32. The number of hydrogen-bond acceptors (Lipinski definition) is 2. The molecule has 0 unspecified atom stereocenters. The van der Waals surface area contributed by atoms with E-state index in [0.29, 0.717) is 0 Å². The van der Waals surface area contributed by atoms with Crippen LogP contribution in [0.2, 0.25) is 0 Å². The Labute approximate surface area is 60.2 Å². The molecule has 2 bridgehead atoms. The van der Waals surface area contributed by atoms with E-state index in [-0.39, 0.29) is 24.0 Å². The summed E-state index contributed by atoms with van der Waals surface area (Å²) >= 11 is 0. The minimum atomic E-state index is -0.196. The molecule has 3 aliphatic rings. The second-order valence-electron chi connectivity index (χ2n) is 3.32. The maximum Gasteiger partial charge on any atom is 0.0610 e. The minimum Gasteiger partial charge on any atom is -0.392 e. The van der Waals surface area contributed by atoms with Crippen LogP contribution in [-0.2, 0) is 0 Å². The van der Waals surface area contributed by atoms with Gasteiger partial charge in [0.1, 0.15) is 0 Å². The standard InChI is InChI=1S/C8H12O2/c9-7-4-6-2-1-5(7)3-8(6)10/h1-2,5-10H,3-4H2/t5-,6+,7-,8-/m0/s1. The van der Waals surface area contributed by atoms with E-state index in [1.807, 2.05) is 12.2 Å². The Balaban J connectivity index is 2.20. The van der Waals surface area contributed by atoms with E-state index in [2.05, 4.69) is 0 Å². The van der Waals surface area contributed by atoms with Gasteiger partial charge < -0.3 is 10.2 Å². The van der Waals surface area contributed by atoms with Crippen LogP contribution in [0.4, 0.5) is 0 Å². The molecule has 0 aromatic heterocycles. The van der Waals surface area contributed by atoms with Crippen molar-refractivity contribution in [2.24, 2.45) is 11.8 Å². The first-order valence-corrected chi connectivity index (χ1v) is 3.82. The van der Waals surface area contributed by atoms with E-state index in [1.54, 1.807) is 0 Å². The van der Waals surface area contributed by atoms with Gasteiger partial charge in [0.25, 0.3) is 0 Å². The molecule has 0 aromatic rings. The molecular formula is C8H12O2. The van der Waals surface area contributed by atoms with Crippen molar-refractivity contribution in [3.63, 3.8) is 0 Å². The Bertz CT molecular complexity index is 147. The van der Waals surface area contributed by atoms with Crippen LogP contribution < -0.4 is 0 Å². The fourth-order valence-corrected chi connectivity index (χ4v) is 1.92. The van der Waals surface area contributed by atoms with Gasteiger partial charge in [0.05, 0.1) is 12.2 Å². The lowest BCUT2D eigenvalue weighted by Gasteiger charge is -2.38. The largest absolute Gasteiger partial charge is 0.392 e. The van der Waals surface area contributed by atoms with E-state index in [1.165, 1.54) is 0 Å².